The summed E-state index contributed by atoms with van der Waals surface area (Å²) in [5.74, 6) is -1.98. The van der Waals surface area contributed by atoms with Crippen LogP contribution in [0.4, 0.5) is 57.6 Å². The van der Waals surface area contributed by atoms with E-state index in [0.717, 1.165) is 94.0 Å². The highest BCUT2D eigenvalue weighted by atomic mass is 35.5. The fourth-order valence-corrected chi connectivity index (χ4v) is 7.16. The number of nitrogens with zero attached hydrogens (tertiary/aromatic N) is 8. The van der Waals surface area contributed by atoms with E-state index in [1.165, 1.54) is 11.8 Å². The number of nitrogens with one attached hydrogen (secondary N) is 3. The molecule has 16 nitrogen and oxygen atoms in total. The second-order valence-electron chi connectivity index (χ2n) is 15.6. The molecule has 2 aliphatic heterocycles. The molecule has 6 aromatic rings. The molecule has 2 aromatic heterocycles. The van der Waals surface area contributed by atoms with Crippen LogP contribution >= 0.6 is 11.6 Å². The fraction of sp³-hybridized carbons (Fsp3) is 0.240. The number of carbonyl (C=O) groups is 2. The van der Waals surface area contributed by atoms with Gasteiger partial charge in [0.1, 0.15) is 24.8 Å². The Balaban J connectivity index is 0.000000193. The molecule has 2 amide bonds. The highest BCUT2D eigenvalue weighted by Gasteiger charge is 2.19. The van der Waals surface area contributed by atoms with Crippen LogP contribution in [0, 0.1) is 11.6 Å². The molecular formula is C50H53ClF4N12O4. The van der Waals surface area contributed by atoms with Crippen LogP contribution in [-0.4, -0.2) is 120 Å². The van der Waals surface area contributed by atoms with E-state index in [9.17, 15) is 27.2 Å². The standard InChI is InChI=1S/C25H26F2N6O2.C13H9ClFN3O2.C12H18FN3/c1-2-23(34)29-19-4-3-5-21(16-19)35-24-22(27)17-28-25(31-24)30-18-6-8-20(9-7-18)33-14-12-32(11-10-26)13-15-33;1-2-11(19)17-8-4-3-5-9(6-8)20-12-10(15)7-16-13(14)18-12;13-5-6-15-7-9-16(10-8-15)12-3-1-11(14)2-4-12/h2-9,16-17H,1,10-15H2,(H,29,34)(H,28,30,31);2-7H,1H2,(H,17,19);1-4H,5-10,14H2. The summed E-state index contributed by atoms with van der Waals surface area (Å²) < 4.78 is 63.3. The normalized spacial score (nSPS) is 13.6. The molecule has 0 atom stereocenters. The first-order chi connectivity index (χ1) is 34.4. The summed E-state index contributed by atoms with van der Waals surface area (Å²) in [4.78, 5) is 46.8. The third-order valence-corrected chi connectivity index (χ3v) is 10.9. The second kappa shape index (κ2) is 26.8. The summed E-state index contributed by atoms with van der Waals surface area (Å²) >= 11 is 5.56. The Morgan fingerprint density at radius 1 is 0.634 bits per heavy atom. The Kier molecular flexibility index (Phi) is 19.8. The molecule has 0 unspecified atom stereocenters. The van der Waals surface area contributed by atoms with E-state index >= 15 is 0 Å². The van der Waals surface area contributed by atoms with Crippen LogP contribution < -0.4 is 41.0 Å². The van der Waals surface area contributed by atoms with Gasteiger partial charge >= 0.3 is 0 Å². The second-order valence-corrected chi connectivity index (χ2v) is 15.9. The van der Waals surface area contributed by atoms with Crippen LogP contribution in [0.5, 0.6) is 23.3 Å². The smallest absolute Gasteiger partial charge is 0.260 e. The maximum absolute atomic E-state index is 14.3. The van der Waals surface area contributed by atoms with Crippen molar-refractivity contribution < 1.29 is 36.6 Å². The van der Waals surface area contributed by atoms with Crippen molar-refractivity contribution >= 4 is 63.5 Å². The maximum Gasteiger partial charge on any atom is 0.260 e. The lowest BCUT2D eigenvalue weighted by molar-refractivity contribution is -0.112. The number of halogens is 5. The highest BCUT2D eigenvalue weighted by Crippen LogP contribution is 2.28. The van der Waals surface area contributed by atoms with Gasteiger partial charge in [0.05, 0.1) is 12.4 Å². The summed E-state index contributed by atoms with van der Waals surface area (Å²) in [5, 5.41) is 8.09. The molecule has 0 aliphatic carbocycles. The average molecular weight is 997 g/mol. The number of rotatable bonds is 16. The van der Waals surface area contributed by atoms with Gasteiger partial charge in [-0.25, -0.2) is 18.7 Å². The first kappa shape index (κ1) is 52.6. The molecule has 2 aliphatic rings. The van der Waals surface area contributed by atoms with E-state index in [1.807, 2.05) is 48.5 Å². The number of alkyl halides is 2. The van der Waals surface area contributed by atoms with Crippen molar-refractivity contribution in [1.82, 2.24) is 29.7 Å². The molecule has 8 rings (SSSR count). The van der Waals surface area contributed by atoms with E-state index in [2.05, 4.69) is 68.6 Å². The van der Waals surface area contributed by atoms with Gasteiger partial charge in [0, 0.05) is 112 Å². The van der Waals surface area contributed by atoms with Crippen molar-refractivity contribution in [3.8, 4) is 23.3 Å². The lowest BCUT2D eigenvalue weighted by Gasteiger charge is -2.35. The first-order valence-electron chi connectivity index (χ1n) is 22.3. The quantitative estimate of drug-likeness (QED) is 0.0313. The number of nitrogen functional groups attached to an aromatic ring is 1. The SMILES string of the molecule is C=CC(=O)Nc1cccc(Oc2nc(Cl)ncc2F)c1.C=CC(=O)Nc1cccc(Oc2nc(Nc3ccc(N4CCN(CCF)CC4)cc3)ncc2F)c1.Nc1ccc(N2CCN(CCF)CC2)cc1. The fourth-order valence-electron chi connectivity index (χ4n) is 7.04. The highest BCUT2D eigenvalue weighted by molar-refractivity contribution is 6.28. The zero-order valence-corrected chi connectivity index (χ0v) is 39.4. The van der Waals surface area contributed by atoms with Crippen LogP contribution in [0.2, 0.25) is 5.28 Å². The number of carbonyl (C=O) groups excluding carboxylic acids is 2. The number of amides is 2. The summed E-state index contributed by atoms with van der Waals surface area (Å²) in [7, 11) is 0. The van der Waals surface area contributed by atoms with Crippen LogP contribution in [0.25, 0.3) is 0 Å². The molecule has 4 heterocycles. The minimum atomic E-state index is -0.741. The average Bonchev–Trinajstić information content (AvgIpc) is 3.38. The topological polar surface area (TPSA) is 179 Å². The van der Waals surface area contributed by atoms with E-state index < -0.39 is 11.6 Å². The van der Waals surface area contributed by atoms with Crippen molar-refractivity contribution in [2.45, 2.75) is 0 Å². The Morgan fingerprint density at radius 3 is 1.55 bits per heavy atom. The molecule has 0 spiro atoms. The minimum Gasteiger partial charge on any atom is -0.436 e. The predicted molar refractivity (Wildman–Crippen MR) is 270 cm³/mol. The minimum absolute atomic E-state index is 0.127. The van der Waals surface area contributed by atoms with Gasteiger partial charge in [-0.15, -0.1) is 0 Å². The van der Waals surface area contributed by atoms with Crippen LogP contribution in [0.1, 0.15) is 0 Å². The van der Waals surface area contributed by atoms with Crippen molar-refractivity contribution in [2.75, 3.05) is 110 Å². The van der Waals surface area contributed by atoms with E-state index in [-0.39, 0.29) is 48.2 Å². The van der Waals surface area contributed by atoms with Crippen LogP contribution in [-0.2, 0) is 9.59 Å². The summed E-state index contributed by atoms with van der Waals surface area (Å²) in [6.45, 7) is 14.4. The van der Waals surface area contributed by atoms with Gasteiger partial charge in [-0.2, -0.15) is 18.7 Å². The number of benzene rings is 4. The van der Waals surface area contributed by atoms with Gasteiger partial charge in [0.25, 0.3) is 11.8 Å². The number of anilines is 7. The summed E-state index contributed by atoms with van der Waals surface area (Å²) in [6.07, 6.45) is 4.22. The van der Waals surface area contributed by atoms with Gasteiger partial charge < -0.3 is 41.0 Å². The predicted octanol–water partition coefficient (Wildman–Crippen LogP) is 8.91. The molecule has 0 bridgehead atoms. The number of hydrogen-bond acceptors (Lipinski definition) is 14. The van der Waals surface area contributed by atoms with Crippen LogP contribution in [0.15, 0.2) is 135 Å². The summed E-state index contributed by atoms with van der Waals surface area (Å²) in [6, 6.07) is 28.5. The van der Waals surface area contributed by atoms with E-state index in [4.69, 9.17) is 26.8 Å². The molecule has 21 heteroatoms. The third kappa shape index (κ3) is 16.7. The Morgan fingerprint density at radius 2 is 1.08 bits per heavy atom. The Bertz CT molecular complexity index is 2690. The number of hydrogen-bond donors (Lipinski definition) is 4. The van der Waals surface area contributed by atoms with Crippen molar-refractivity contribution in [3.05, 3.63) is 152 Å². The zero-order valence-electron chi connectivity index (χ0n) is 38.6. The summed E-state index contributed by atoms with van der Waals surface area (Å²) in [5.41, 5.74) is 10.4. The number of aromatic nitrogens is 4. The van der Waals surface area contributed by atoms with Crippen LogP contribution in [0.3, 0.4) is 0 Å². The largest absolute Gasteiger partial charge is 0.436 e. The molecule has 2 fully saturated rings. The van der Waals surface area contributed by atoms with Gasteiger partial charge in [0.2, 0.25) is 34.7 Å². The number of ether oxygens (including phenoxy) is 2. The molecule has 372 valence electrons. The Labute approximate surface area is 413 Å². The first-order valence-corrected chi connectivity index (χ1v) is 22.7. The van der Waals surface area contributed by atoms with Gasteiger partial charge in [0.15, 0.2) is 0 Å². The molecule has 0 radical (unpaired) electrons. The van der Waals surface area contributed by atoms with E-state index in [1.54, 1.807) is 42.5 Å². The molecule has 4 aromatic carbocycles. The molecule has 71 heavy (non-hydrogen) atoms. The molecule has 5 N–H and O–H groups in total. The molecule has 2 saturated heterocycles. The monoisotopic (exact) mass is 996 g/mol. The lowest BCUT2D eigenvalue weighted by atomic mass is 10.2. The molecular weight excluding hydrogens is 944 g/mol. The van der Waals surface area contributed by atoms with Gasteiger partial charge in [-0.3, -0.25) is 19.4 Å². The zero-order chi connectivity index (χ0) is 50.5. The molecule has 0 saturated carbocycles. The van der Waals surface area contributed by atoms with Crippen molar-refractivity contribution in [1.29, 1.82) is 0 Å². The van der Waals surface area contributed by atoms with Gasteiger partial charge in [-0.05, 0) is 96.5 Å². The van der Waals surface area contributed by atoms with Crippen molar-refractivity contribution in [2.24, 2.45) is 0 Å². The maximum atomic E-state index is 14.3. The lowest BCUT2D eigenvalue weighted by Crippen LogP contribution is -2.47. The van der Waals surface area contributed by atoms with E-state index in [0.29, 0.717) is 36.0 Å². The number of nitrogens with two attached hydrogens (primary N) is 1. The Hall–Kier alpha value is -7.81. The number of piperazine rings is 2. The van der Waals surface area contributed by atoms with Gasteiger partial charge in [-0.1, -0.05) is 25.3 Å². The van der Waals surface area contributed by atoms with Crippen molar-refractivity contribution in [3.63, 3.8) is 0 Å². The third-order valence-electron chi connectivity index (χ3n) is 10.7.